The minimum Gasteiger partial charge on any atom is -0.398 e. The quantitative estimate of drug-likeness (QED) is 0.722. The van der Waals surface area contributed by atoms with Crippen molar-refractivity contribution in [2.45, 2.75) is 19.4 Å². The zero-order chi connectivity index (χ0) is 9.80. The summed E-state index contributed by atoms with van der Waals surface area (Å²) in [5.41, 5.74) is 8.08. The molecule has 1 aromatic rings. The minimum atomic E-state index is 0.919. The van der Waals surface area contributed by atoms with Crippen LogP contribution in [0.2, 0.25) is 0 Å². The first kappa shape index (κ1) is 9.53. The van der Waals surface area contributed by atoms with E-state index in [1.54, 1.807) is 0 Å². The lowest BCUT2D eigenvalue weighted by molar-refractivity contribution is 0.246. The molecule has 0 unspecified atom stereocenters. The molecule has 1 aliphatic rings. The first-order valence-corrected chi connectivity index (χ1v) is 5.23. The van der Waals surface area contributed by atoms with E-state index in [0.717, 1.165) is 12.2 Å². The smallest absolute Gasteiger partial charge is 0.0359 e. The first-order chi connectivity index (χ1) is 6.86. The van der Waals surface area contributed by atoms with Crippen molar-refractivity contribution in [1.29, 1.82) is 0 Å². The molecule has 14 heavy (non-hydrogen) atoms. The highest BCUT2D eigenvalue weighted by molar-refractivity contribution is 5.46. The van der Waals surface area contributed by atoms with E-state index < -0.39 is 0 Å². The number of hydrogen-bond acceptors (Lipinski definition) is 2. The lowest BCUT2D eigenvalue weighted by atomic mass is 10.1. The Labute approximate surface area is 85.7 Å². The molecule has 1 fully saturated rings. The zero-order valence-corrected chi connectivity index (χ0v) is 8.45. The number of anilines is 1. The number of rotatable bonds is 2. The van der Waals surface area contributed by atoms with Crippen LogP contribution in [0.25, 0.3) is 0 Å². The van der Waals surface area contributed by atoms with Crippen LogP contribution in [-0.4, -0.2) is 18.0 Å². The van der Waals surface area contributed by atoms with Crippen LogP contribution in [0.1, 0.15) is 18.4 Å². The highest BCUT2D eigenvalue weighted by atomic mass is 15.1. The number of para-hydroxylation sites is 1. The van der Waals surface area contributed by atoms with Crippen LogP contribution < -0.4 is 5.73 Å². The third kappa shape index (κ3) is 2.26. The van der Waals surface area contributed by atoms with Crippen molar-refractivity contribution in [3.63, 3.8) is 0 Å². The summed E-state index contributed by atoms with van der Waals surface area (Å²) in [5.74, 6) is 0. The number of hydrogen-bond donors (Lipinski definition) is 1. The van der Waals surface area contributed by atoms with Crippen LogP contribution in [-0.2, 0) is 6.54 Å². The van der Waals surface area contributed by atoms with Crippen LogP contribution in [0.5, 0.6) is 0 Å². The molecule has 1 aromatic carbocycles. The Morgan fingerprint density at radius 3 is 2.57 bits per heavy atom. The van der Waals surface area contributed by atoms with Crippen LogP contribution in [0.15, 0.2) is 24.3 Å². The van der Waals surface area contributed by atoms with Gasteiger partial charge in [0.05, 0.1) is 0 Å². The largest absolute Gasteiger partial charge is 0.398 e. The number of benzene rings is 1. The van der Waals surface area contributed by atoms with Gasteiger partial charge in [0, 0.05) is 12.2 Å². The van der Waals surface area contributed by atoms with E-state index in [1.807, 2.05) is 12.1 Å². The maximum absolute atomic E-state index is 5.90. The van der Waals surface area contributed by atoms with Gasteiger partial charge in [0.2, 0.25) is 0 Å². The standard InChI is InChI=1S/C12H17N2/c13-12-7-3-2-6-11(12)10-14-8-4-1-5-9-14/h1-3,6-7H,4-5,8-10,13H2. The second-order valence-corrected chi connectivity index (χ2v) is 3.84. The Hall–Kier alpha value is -1.02. The fourth-order valence-corrected chi connectivity index (χ4v) is 1.88. The number of piperidine rings is 1. The van der Waals surface area contributed by atoms with Gasteiger partial charge in [-0.2, -0.15) is 0 Å². The van der Waals surface area contributed by atoms with Crippen molar-refractivity contribution in [3.05, 3.63) is 36.2 Å². The van der Waals surface area contributed by atoms with Crippen molar-refractivity contribution in [3.8, 4) is 0 Å². The van der Waals surface area contributed by atoms with Gasteiger partial charge in [-0.05, 0) is 44.0 Å². The van der Waals surface area contributed by atoms with E-state index >= 15 is 0 Å². The fraction of sp³-hybridized carbons (Fsp3) is 0.417. The lowest BCUT2D eigenvalue weighted by Gasteiger charge is -2.26. The summed E-state index contributed by atoms with van der Waals surface area (Å²) in [6, 6.07) is 8.14. The molecule has 0 saturated carbocycles. The molecule has 2 nitrogen and oxygen atoms in total. The summed E-state index contributed by atoms with van der Waals surface area (Å²) in [6.45, 7) is 3.35. The molecule has 1 aliphatic heterocycles. The van der Waals surface area contributed by atoms with Crippen molar-refractivity contribution in [1.82, 2.24) is 4.90 Å². The van der Waals surface area contributed by atoms with E-state index in [-0.39, 0.29) is 0 Å². The summed E-state index contributed by atoms with van der Waals surface area (Å²) in [6.07, 6.45) is 4.80. The molecule has 2 N–H and O–H groups in total. The predicted octanol–water partition coefficient (Wildman–Crippen LogP) is 2.07. The number of likely N-dealkylation sites (tertiary alicyclic amines) is 1. The Balaban J connectivity index is 1.99. The molecule has 0 amide bonds. The minimum absolute atomic E-state index is 0.919. The van der Waals surface area contributed by atoms with Crippen LogP contribution >= 0.6 is 0 Å². The van der Waals surface area contributed by atoms with Gasteiger partial charge in [0.1, 0.15) is 0 Å². The summed E-state index contributed by atoms with van der Waals surface area (Å²) < 4.78 is 0. The molecule has 2 rings (SSSR count). The fourth-order valence-electron chi connectivity index (χ4n) is 1.88. The van der Waals surface area contributed by atoms with Crippen molar-refractivity contribution in [2.24, 2.45) is 0 Å². The van der Waals surface area contributed by atoms with E-state index in [1.165, 1.54) is 31.5 Å². The Morgan fingerprint density at radius 1 is 1.14 bits per heavy atom. The monoisotopic (exact) mass is 189 g/mol. The van der Waals surface area contributed by atoms with Crippen LogP contribution in [0.4, 0.5) is 5.69 Å². The number of nitrogens with two attached hydrogens (primary N) is 1. The molecule has 1 saturated heterocycles. The van der Waals surface area contributed by atoms with Crippen molar-refractivity contribution in [2.75, 3.05) is 18.8 Å². The highest BCUT2D eigenvalue weighted by Crippen LogP contribution is 2.16. The van der Waals surface area contributed by atoms with Crippen LogP contribution in [0.3, 0.4) is 0 Å². The SMILES string of the molecule is Nc1ccccc1CN1CC[CH]CC1. The molecule has 0 atom stereocenters. The average Bonchev–Trinajstić information content (AvgIpc) is 2.23. The number of nitrogen functional groups attached to an aromatic ring is 1. The molecule has 0 spiro atoms. The van der Waals surface area contributed by atoms with E-state index in [4.69, 9.17) is 5.73 Å². The predicted molar refractivity (Wildman–Crippen MR) is 59.7 cm³/mol. The molecular weight excluding hydrogens is 172 g/mol. The molecule has 2 heteroatoms. The summed E-state index contributed by atoms with van der Waals surface area (Å²) >= 11 is 0. The molecular formula is C12H17N2. The van der Waals surface area contributed by atoms with E-state index in [2.05, 4.69) is 23.5 Å². The van der Waals surface area contributed by atoms with Gasteiger partial charge in [-0.15, -0.1) is 0 Å². The molecule has 0 aliphatic carbocycles. The molecule has 1 radical (unpaired) electrons. The van der Waals surface area contributed by atoms with Gasteiger partial charge in [0.25, 0.3) is 0 Å². The Kier molecular flexibility index (Phi) is 3.04. The summed E-state index contributed by atoms with van der Waals surface area (Å²) in [4.78, 5) is 2.46. The highest BCUT2D eigenvalue weighted by Gasteiger charge is 2.11. The van der Waals surface area contributed by atoms with Crippen molar-refractivity contribution < 1.29 is 0 Å². The van der Waals surface area contributed by atoms with Crippen molar-refractivity contribution >= 4 is 5.69 Å². The van der Waals surface area contributed by atoms with E-state index in [9.17, 15) is 0 Å². The van der Waals surface area contributed by atoms with E-state index in [0.29, 0.717) is 0 Å². The van der Waals surface area contributed by atoms with Gasteiger partial charge < -0.3 is 5.73 Å². The number of nitrogens with zero attached hydrogens (tertiary/aromatic N) is 1. The van der Waals surface area contributed by atoms with Crippen LogP contribution in [0, 0.1) is 6.42 Å². The molecule has 75 valence electrons. The van der Waals surface area contributed by atoms with Gasteiger partial charge in [-0.1, -0.05) is 18.2 Å². The lowest BCUT2D eigenvalue weighted by Crippen LogP contribution is -2.29. The zero-order valence-electron chi connectivity index (χ0n) is 8.45. The van der Waals surface area contributed by atoms with Gasteiger partial charge in [0.15, 0.2) is 0 Å². The average molecular weight is 189 g/mol. The van der Waals surface area contributed by atoms with Gasteiger partial charge in [-0.3, -0.25) is 4.90 Å². The first-order valence-electron chi connectivity index (χ1n) is 5.23. The Bertz CT molecular complexity index is 290. The van der Waals surface area contributed by atoms with Gasteiger partial charge >= 0.3 is 0 Å². The molecule has 0 bridgehead atoms. The Morgan fingerprint density at radius 2 is 1.86 bits per heavy atom. The second-order valence-electron chi connectivity index (χ2n) is 3.84. The second kappa shape index (κ2) is 4.47. The maximum Gasteiger partial charge on any atom is 0.0359 e. The third-order valence-electron chi connectivity index (χ3n) is 2.75. The normalized spacial score (nSPS) is 18.3. The molecule has 1 heterocycles. The maximum atomic E-state index is 5.90. The summed E-state index contributed by atoms with van der Waals surface area (Å²) in [7, 11) is 0. The molecule has 0 aromatic heterocycles. The topological polar surface area (TPSA) is 29.3 Å². The third-order valence-corrected chi connectivity index (χ3v) is 2.75. The van der Waals surface area contributed by atoms with Gasteiger partial charge in [-0.25, -0.2) is 0 Å². The summed E-state index contributed by atoms with van der Waals surface area (Å²) in [5, 5.41) is 0.